The average Bonchev–Trinajstić information content (AvgIpc) is 4.11. The van der Waals surface area contributed by atoms with E-state index in [1.807, 2.05) is 107 Å². The molecule has 6 heterocycles. The van der Waals surface area contributed by atoms with Gasteiger partial charge in [-0.15, -0.1) is 0 Å². The molecule has 4 aliphatic heterocycles. The summed E-state index contributed by atoms with van der Waals surface area (Å²) in [6.07, 6.45) is 1.32. The van der Waals surface area contributed by atoms with Crippen LogP contribution in [-0.4, -0.2) is 151 Å². The molecule has 0 spiro atoms. The summed E-state index contributed by atoms with van der Waals surface area (Å²) < 4.78 is 10.8. The number of aliphatic carboxylic acids is 1. The zero-order valence-electron chi connectivity index (χ0n) is 36.3. The van der Waals surface area contributed by atoms with Crippen molar-refractivity contribution in [3.8, 4) is 22.5 Å². The van der Waals surface area contributed by atoms with Crippen LogP contribution >= 0.6 is 0 Å². The number of nitrogens with one attached hydrogen (secondary N) is 5. The number of carboxylic acid groups (broad SMARTS) is 1. The normalized spacial score (nSPS) is 19.6. The molecule has 4 aromatic rings. The molecular formula is C44H56N10O9. The van der Waals surface area contributed by atoms with Gasteiger partial charge < -0.3 is 45.2 Å². The summed E-state index contributed by atoms with van der Waals surface area (Å²) in [7, 11) is 0. The summed E-state index contributed by atoms with van der Waals surface area (Å²) >= 11 is 0. The van der Waals surface area contributed by atoms with E-state index in [9.17, 15) is 28.8 Å². The van der Waals surface area contributed by atoms with Gasteiger partial charge in [0.05, 0.1) is 30.0 Å². The van der Waals surface area contributed by atoms with Crippen molar-refractivity contribution in [3.05, 3.63) is 84.2 Å². The lowest BCUT2D eigenvalue weighted by atomic mass is 10.1. The number of piperazine rings is 2. The number of ether oxygens (including phenoxy) is 2. The van der Waals surface area contributed by atoms with E-state index in [1.54, 1.807) is 21.9 Å². The van der Waals surface area contributed by atoms with Gasteiger partial charge in [0.1, 0.15) is 29.1 Å². The molecular weight excluding hydrogens is 813 g/mol. The maximum atomic E-state index is 12.7. The molecule has 4 saturated heterocycles. The molecule has 8 rings (SSSR count). The Balaban J connectivity index is 0.000000174. The number of amides is 5. The standard InChI is InChI=1S/C22H27N5O4.C12H11N3O3.C10H18N2O2/c1-22(2,3)31-21(30)27-13-15-9-16(27)12-26(15)19(28)11-23-20(29)18-10-17(24-25-18)14-7-5-4-6-8-14;16-11(17)7-13-12(18)10-6-9(14-15-10)8-4-2-1-3-5-8;1-10(2,3)14-9(13)12-6-7-4-8(12)5-11-7/h4-8,10,15-16H,9,11-13H2,1-3H3,(H,23,29)(H,24,25);1-6H,7H2,(H,13,18)(H,14,15)(H,16,17);7-8,11H,4-6H2,1-3H3. The third-order valence-electron chi connectivity index (χ3n) is 10.5. The first-order valence-electron chi connectivity index (χ1n) is 20.9. The fourth-order valence-electron chi connectivity index (χ4n) is 7.62. The summed E-state index contributed by atoms with van der Waals surface area (Å²) in [4.78, 5) is 76.3. The Kier molecular flexibility index (Phi) is 14.2. The molecule has 0 radical (unpaired) electrons. The number of likely N-dealkylation sites (tertiary alicyclic amines) is 3. The van der Waals surface area contributed by atoms with Gasteiger partial charge in [0.25, 0.3) is 11.8 Å². The van der Waals surface area contributed by atoms with Crippen LogP contribution in [0.3, 0.4) is 0 Å². The molecule has 19 heteroatoms. The third kappa shape index (κ3) is 12.4. The first-order chi connectivity index (χ1) is 29.8. The Morgan fingerprint density at radius 3 is 1.52 bits per heavy atom. The van der Waals surface area contributed by atoms with Gasteiger partial charge in [-0.3, -0.25) is 29.4 Å². The molecule has 19 nitrogen and oxygen atoms in total. The van der Waals surface area contributed by atoms with E-state index in [4.69, 9.17) is 14.6 Å². The van der Waals surface area contributed by atoms with E-state index in [2.05, 4.69) is 36.3 Å². The molecule has 4 unspecified atom stereocenters. The zero-order chi connectivity index (χ0) is 45.5. The highest BCUT2D eigenvalue weighted by Crippen LogP contribution is 2.32. The van der Waals surface area contributed by atoms with Crippen LogP contribution in [0.25, 0.3) is 22.5 Å². The molecule has 4 fully saturated rings. The van der Waals surface area contributed by atoms with Gasteiger partial charge >= 0.3 is 18.2 Å². The molecule has 2 aromatic heterocycles. The highest BCUT2D eigenvalue weighted by atomic mass is 16.6. The van der Waals surface area contributed by atoms with Crippen LogP contribution in [-0.2, 0) is 19.1 Å². The summed E-state index contributed by atoms with van der Waals surface area (Å²) in [6, 6.07) is 22.9. The van der Waals surface area contributed by atoms with Gasteiger partial charge in [0.15, 0.2) is 0 Å². The minimum atomic E-state index is -1.09. The van der Waals surface area contributed by atoms with Crippen LogP contribution < -0.4 is 16.0 Å². The van der Waals surface area contributed by atoms with Crippen molar-refractivity contribution in [2.45, 2.75) is 89.8 Å². The molecule has 4 bridgehead atoms. The maximum Gasteiger partial charge on any atom is 0.410 e. The lowest BCUT2D eigenvalue weighted by molar-refractivity contribution is -0.136. The predicted molar refractivity (Wildman–Crippen MR) is 230 cm³/mol. The minimum Gasteiger partial charge on any atom is -0.480 e. The number of hydrogen-bond donors (Lipinski definition) is 6. The second-order valence-electron chi connectivity index (χ2n) is 17.7. The van der Waals surface area contributed by atoms with Crippen LogP contribution in [0, 0.1) is 0 Å². The Bertz CT molecular complexity index is 2250. The largest absolute Gasteiger partial charge is 0.480 e. The van der Waals surface area contributed by atoms with E-state index >= 15 is 0 Å². The van der Waals surface area contributed by atoms with Gasteiger partial charge in [-0.05, 0) is 66.5 Å². The molecule has 0 saturated carbocycles. The Morgan fingerprint density at radius 2 is 1.11 bits per heavy atom. The van der Waals surface area contributed by atoms with Crippen LogP contribution in [0.1, 0.15) is 75.4 Å². The average molecular weight is 869 g/mol. The Labute approximate surface area is 365 Å². The van der Waals surface area contributed by atoms with Crippen molar-refractivity contribution < 1.29 is 43.3 Å². The number of H-pyrrole nitrogens is 2. The SMILES string of the molecule is CC(C)(C)OC(=O)N1CC2CC1CN2.CC(C)(C)OC(=O)N1CC2CC1CN2C(=O)CNC(=O)c1cc(-c2ccccc2)n[nH]1.O=C(O)CNC(=O)c1cc(-c2ccccc2)n[nH]1. The molecule has 6 N–H and O–H groups in total. The monoisotopic (exact) mass is 868 g/mol. The molecule has 4 aliphatic rings. The lowest BCUT2D eigenvalue weighted by Gasteiger charge is -2.35. The number of fused-ring (bicyclic) bond motifs is 4. The quantitative estimate of drug-likeness (QED) is 0.148. The van der Waals surface area contributed by atoms with E-state index < -0.39 is 24.0 Å². The number of carbonyl (C=O) groups excluding carboxylic acids is 5. The molecule has 336 valence electrons. The minimum absolute atomic E-state index is 0.0412. The van der Waals surface area contributed by atoms with Gasteiger partial charge in [-0.25, -0.2) is 9.59 Å². The highest BCUT2D eigenvalue weighted by Gasteiger charge is 2.48. The lowest BCUT2D eigenvalue weighted by Crippen LogP contribution is -2.53. The van der Waals surface area contributed by atoms with Crippen molar-refractivity contribution >= 4 is 35.9 Å². The molecule has 5 amide bonds. The van der Waals surface area contributed by atoms with Crippen LogP contribution in [0.4, 0.5) is 9.59 Å². The molecule has 63 heavy (non-hydrogen) atoms. The summed E-state index contributed by atoms with van der Waals surface area (Å²) in [5, 5.41) is 30.2. The number of benzene rings is 2. The Hall–Kier alpha value is -6.76. The number of carbonyl (C=O) groups is 6. The highest BCUT2D eigenvalue weighted by molar-refractivity contribution is 5.96. The van der Waals surface area contributed by atoms with Gasteiger partial charge in [-0.1, -0.05) is 60.7 Å². The maximum absolute atomic E-state index is 12.7. The van der Waals surface area contributed by atoms with Crippen LogP contribution in [0.15, 0.2) is 72.8 Å². The zero-order valence-corrected chi connectivity index (χ0v) is 36.3. The number of aromatic amines is 2. The Morgan fingerprint density at radius 1 is 0.651 bits per heavy atom. The number of nitrogens with zero attached hydrogens (tertiary/aromatic N) is 5. The number of carboxylic acids is 1. The fraction of sp³-hybridized carbons (Fsp3) is 0.455. The first kappa shape index (κ1) is 45.8. The second kappa shape index (κ2) is 19.5. The van der Waals surface area contributed by atoms with Gasteiger partial charge in [0, 0.05) is 49.4 Å². The summed E-state index contributed by atoms with van der Waals surface area (Å²) in [5.41, 5.74) is 2.67. The third-order valence-corrected chi connectivity index (χ3v) is 10.5. The van der Waals surface area contributed by atoms with Crippen molar-refractivity contribution in [3.63, 3.8) is 0 Å². The summed E-state index contributed by atoms with van der Waals surface area (Å²) in [5.74, 6) is -2.13. The topological polar surface area (TPSA) is 244 Å². The van der Waals surface area contributed by atoms with E-state index in [1.165, 1.54) is 0 Å². The van der Waals surface area contributed by atoms with Gasteiger partial charge in [0.2, 0.25) is 5.91 Å². The van der Waals surface area contributed by atoms with Crippen molar-refractivity contribution in [1.82, 2.24) is 51.0 Å². The predicted octanol–water partition coefficient (Wildman–Crippen LogP) is 3.89. The molecule has 0 aliphatic carbocycles. The van der Waals surface area contributed by atoms with E-state index in [0.717, 1.165) is 37.1 Å². The van der Waals surface area contributed by atoms with Crippen LogP contribution in [0.2, 0.25) is 0 Å². The van der Waals surface area contributed by atoms with E-state index in [-0.39, 0.29) is 53.9 Å². The van der Waals surface area contributed by atoms with Gasteiger partial charge in [-0.2, -0.15) is 10.2 Å². The molecule has 4 atom stereocenters. The van der Waals surface area contributed by atoms with Crippen molar-refractivity contribution in [2.75, 3.05) is 39.3 Å². The van der Waals surface area contributed by atoms with E-state index in [0.29, 0.717) is 42.3 Å². The molecule has 2 aromatic carbocycles. The smallest absolute Gasteiger partial charge is 0.410 e. The number of hydrogen-bond acceptors (Lipinski definition) is 11. The summed E-state index contributed by atoms with van der Waals surface area (Å²) in [6.45, 7) is 13.3. The second-order valence-corrected chi connectivity index (χ2v) is 17.7. The van der Waals surface area contributed by atoms with Crippen molar-refractivity contribution in [1.29, 1.82) is 0 Å². The fourth-order valence-corrected chi connectivity index (χ4v) is 7.62. The van der Waals surface area contributed by atoms with Crippen LogP contribution in [0.5, 0.6) is 0 Å². The first-order valence-corrected chi connectivity index (χ1v) is 20.9. The number of aromatic nitrogens is 4. The van der Waals surface area contributed by atoms with Crippen molar-refractivity contribution in [2.24, 2.45) is 0 Å². The number of rotatable bonds is 8.